The first-order valence-electron chi connectivity index (χ1n) is 6.72. The van der Waals surface area contributed by atoms with Crippen molar-refractivity contribution in [3.63, 3.8) is 0 Å². The van der Waals surface area contributed by atoms with Gasteiger partial charge < -0.3 is 14.8 Å². The van der Waals surface area contributed by atoms with Gasteiger partial charge in [0, 0.05) is 13.5 Å². The third kappa shape index (κ3) is 2.04. The highest BCUT2D eigenvalue weighted by Crippen LogP contribution is 2.36. The van der Waals surface area contributed by atoms with E-state index in [0.29, 0.717) is 0 Å². The summed E-state index contributed by atoms with van der Waals surface area (Å²) in [5, 5.41) is 7.60. The number of hydrogen-bond donors (Lipinski definition) is 1. The van der Waals surface area contributed by atoms with Crippen LogP contribution in [0.3, 0.4) is 0 Å². The van der Waals surface area contributed by atoms with Crippen LogP contribution in [0.2, 0.25) is 0 Å². The molecule has 1 aliphatic rings. The number of fused-ring (bicyclic) bond motifs is 1. The highest BCUT2D eigenvalue weighted by molar-refractivity contribution is 5.39. The Labute approximate surface area is 118 Å². The summed E-state index contributed by atoms with van der Waals surface area (Å²) in [6.45, 7) is 0. The van der Waals surface area contributed by atoms with Crippen molar-refractivity contribution in [3.05, 3.63) is 41.7 Å². The van der Waals surface area contributed by atoms with Gasteiger partial charge in [0.25, 0.3) is 0 Å². The Morgan fingerprint density at radius 2 is 2.25 bits per heavy atom. The zero-order valence-corrected chi connectivity index (χ0v) is 12.0. The van der Waals surface area contributed by atoms with Crippen molar-refractivity contribution in [1.82, 2.24) is 15.1 Å². The molecule has 106 valence electrons. The summed E-state index contributed by atoms with van der Waals surface area (Å²) < 4.78 is 13.3. The van der Waals surface area contributed by atoms with Gasteiger partial charge in [-0.25, -0.2) is 0 Å². The molecule has 5 heteroatoms. The van der Waals surface area contributed by atoms with Crippen molar-refractivity contribution in [2.45, 2.75) is 18.6 Å². The zero-order valence-electron chi connectivity index (χ0n) is 12.0. The van der Waals surface area contributed by atoms with Gasteiger partial charge in [-0.3, -0.25) is 4.68 Å². The molecule has 0 saturated carbocycles. The Balaban J connectivity index is 1.91. The lowest BCUT2D eigenvalue weighted by molar-refractivity contribution is 0.176. The molecule has 3 rings (SSSR count). The fraction of sp³-hybridized carbons (Fsp3) is 0.400. The minimum atomic E-state index is 0.0323. The molecule has 1 aromatic heterocycles. The Kier molecular flexibility index (Phi) is 3.36. The molecule has 0 aliphatic carbocycles. The van der Waals surface area contributed by atoms with Crippen molar-refractivity contribution in [1.29, 1.82) is 0 Å². The average Bonchev–Trinajstić information content (AvgIpc) is 3.04. The topological polar surface area (TPSA) is 48.3 Å². The first kappa shape index (κ1) is 13.0. The minimum absolute atomic E-state index is 0.0323. The molecule has 0 fully saturated rings. The predicted molar refractivity (Wildman–Crippen MR) is 76.1 cm³/mol. The SMILES string of the molecule is CNC(c1c(OC)cnn1C)C1Cc2ccccc2O1. The number of para-hydroxylation sites is 1. The maximum atomic E-state index is 6.08. The van der Waals surface area contributed by atoms with Gasteiger partial charge in [-0.2, -0.15) is 5.10 Å². The number of aryl methyl sites for hydroxylation is 1. The molecule has 1 aromatic carbocycles. The van der Waals surface area contributed by atoms with E-state index in [1.165, 1.54) is 5.56 Å². The molecule has 1 N–H and O–H groups in total. The minimum Gasteiger partial charge on any atom is -0.493 e. The van der Waals surface area contributed by atoms with Crippen LogP contribution in [0.25, 0.3) is 0 Å². The average molecular weight is 273 g/mol. The summed E-state index contributed by atoms with van der Waals surface area (Å²) in [7, 11) is 5.52. The second-order valence-corrected chi connectivity index (χ2v) is 4.96. The van der Waals surface area contributed by atoms with E-state index in [9.17, 15) is 0 Å². The van der Waals surface area contributed by atoms with E-state index in [4.69, 9.17) is 9.47 Å². The molecule has 2 atom stereocenters. The van der Waals surface area contributed by atoms with Crippen molar-refractivity contribution in [2.24, 2.45) is 7.05 Å². The summed E-state index contributed by atoms with van der Waals surface area (Å²) in [6.07, 6.45) is 2.67. The third-order valence-corrected chi connectivity index (χ3v) is 3.82. The third-order valence-electron chi connectivity index (χ3n) is 3.82. The lowest BCUT2D eigenvalue weighted by atomic mass is 10.0. The summed E-state index contributed by atoms with van der Waals surface area (Å²) in [4.78, 5) is 0. The number of aromatic nitrogens is 2. The smallest absolute Gasteiger partial charge is 0.161 e. The van der Waals surface area contributed by atoms with Gasteiger partial charge in [0.2, 0.25) is 0 Å². The highest BCUT2D eigenvalue weighted by atomic mass is 16.5. The molecular weight excluding hydrogens is 254 g/mol. The number of methoxy groups -OCH3 is 1. The van der Waals surface area contributed by atoms with Gasteiger partial charge >= 0.3 is 0 Å². The monoisotopic (exact) mass is 273 g/mol. The molecule has 0 radical (unpaired) electrons. The Hall–Kier alpha value is -2.01. The Morgan fingerprint density at radius 3 is 2.95 bits per heavy atom. The van der Waals surface area contributed by atoms with Crippen molar-refractivity contribution < 1.29 is 9.47 Å². The number of likely N-dealkylation sites (N-methyl/N-ethyl adjacent to an activating group) is 1. The summed E-state index contributed by atoms with van der Waals surface area (Å²) in [5.74, 6) is 1.75. The van der Waals surface area contributed by atoms with Gasteiger partial charge in [0.1, 0.15) is 17.5 Å². The van der Waals surface area contributed by atoms with E-state index in [1.807, 2.05) is 37.0 Å². The molecule has 0 saturated heterocycles. The van der Waals surface area contributed by atoms with Gasteiger partial charge in [-0.15, -0.1) is 0 Å². The first-order valence-corrected chi connectivity index (χ1v) is 6.72. The van der Waals surface area contributed by atoms with Crippen LogP contribution in [0.4, 0.5) is 0 Å². The van der Waals surface area contributed by atoms with Crippen molar-refractivity contribution in [3.8, 4) is 11.5 Å². The maximum Gasteiger partial charge on any atom is 0.161 e. The standard InChI is InChI=1S/C15H19N3O2/c1-16-14(15-13(19-3)9-17-18(15)2)12-8-10-6-4-5-7-11(10)20-12/h4-7,9,12,14,16H,8H2,1-3H3. The molecule has 0 bridgehead atoms. The second kappa shape index (κ2) is 5.17. The van der Waals surface area contributed by atoms with Crippen LogP contribution in [-0.4, -0.2) is 30.0 Å². The van der Waals surface area contributed by atoms with E-state index in [0.717, 1.165) is 23.6 Å². The Morgan fingerprint density at radius 1 is 1.45 bits per heavy atom. The van der Waals surface area contributed by atoms with Crippen LogP contribution in [-0.2, 0) is 13.5 Å². The van der Waals surface area contributed by atoms with Gasteiger partial charge in [0.05, 0.1) is 19.3 Å². The van der Waals surface area contributed by atoms with E-state index >= 15 is 0 Å². The molecule has 0 spiro atoms. The van der Waals surface area contributed by atoms with Gasteiger partial charge in [0.15, 0.2) is 5.75 Å². The number of nitrogens with zero attached hydrogens (tertiary/aromatic N) is 2. The van der Waals surface area contributed by atoms with Gasteiger partial charge in [-0.1, -0.05) is 18.2 Å². The second-order valence-electron chi connectivity index (χ2n) is 4.96. The molecule has 1 aliphatic heterocycles. The molecule has 2 heterocycles. The van der Waals surface area contributed by atoms with Crippen LogP contribution in [0.5, 0.6) is 11.5 Å². The fourth-order valence-electron chi connectivity index (χ4n) is 2.83. The van der Waals surface area contributed by atoms with E-state index < -0.39 is 0 Å². The highest BCUT2D eigenvalue weighted by Gasteiger charge is 2.33. The number of hydrogen-bond acceptors (Lipinski definition) is 4. The Bertz CT molecular complexity index is 584. The van der Waals surface area contributed by atoms with Crippen LogP contribution in [0.1, 0.15) is 17.3 Å². The number of ether oxygens (including phenoxy) is 2. The largest absolute Gasteiger partial charge is 0.493 e. The van der Waals surface area contributed by atoms with Gasteiger partial charge in [-0.05, 0) is 18.7 Å². The lowest BCUT2D eigenvalue weighted by Crippen LogP contribution is -2.34. The van der Waals surface area contributed by atoms with Crippen LogP contribution in [0.15, 0.2) is 30.5 Å². The summed E-state index contributed by atoms with van der Waals surface area (Å²) in [6, 6.07) is 8.21. The van der Waals surface area contributed by atoms with E-state index in [-0.39, 0.29) is 12.1 Å². The first-order chi connectivity index (χ1) is 9.74. The number of nitrogens with one attached hydrogen (secondary N) is 1. The number of benzene rings is 1. The quantitative estimate of drug-likeness (QED) is 0.921. The van der Waals surface area contributed by atoms with Crippen LogP contribution >= 0.6 is 0 Å². The molecule has 20 heavy (non-hydrogen) atoms. The summed E-state index contributed by atoms with van der Waals surface area (Å²) in [5.41, 5.74) is 2.26. The lowest BCUT2D eigenvalue weighted by Gasteiger charge is -2.23. The molecule has 5 nitrogen and oxygen atoms in total. The maximum absolute atomic E-state index is 6.08. The fourth-order valence-corrected chi connectivity index (χ4v) is 2.83. The van der Waals surface area contributed by atoms with Crippen molar-refractivity contribution >= 4 is 0 Å². The van der Waals surface area contributed by atoms with E-state index in [2.05, 4.69) is 16.5 Å². The normalized spacial score (nSPS) is 18.4. The number of rotatable bonds is 4. The molecular formula is C15H19N3O2. The molecule has 2 aromatic rings. The van der Waals surface area contributed by atoms with Crippen molar-refractivity contribution in [2.75, 3.05) is 14.2 Å². The summed E-state index contributed by atoms with van der Waals surface area (Å²) >= 11 is 0. The van der Waals surface area contributed by atoms with E-state index in [1.54, 1.807) is 13.3 Å². The predicted octanol–water partition coefficient (Wildman–Crippen LogP) is 1.69. The van der Waals surface area contributed by atoms with Crippen LogP contribution in [0, 0.1) is 0 Å². The van der Waals surface area contributed by atoms with Crippen LogP contribution < -0.4 is 14.8 Å². The molecule has 0 amide bonds. The zero-order chi connectivity index (χ0) is 14.1. The molecule has 2 unspecified atom stereocenters.